The molecule has 1 saturated heterocycles. The van der Waals surface area contributed by atoms with E-state index in [2.05, 4.69) is 0 Å². The van der Waals surface area contributed by atoms with Crippen molar-refractivity contribution in [1.29, 1.82) is 0 Å². The van der Waals surface area contributed by atoms with Gasteiger partial charge in [0.25, 0.3) is 0 Å². The molecule has 47 heavy (non-hydrogen) atoms. The molecule has 1 aliphatic rings. The standard InChI is InChI=1S/C37H38ClF3N2O4/c38-36-30(14-8-16-34(36)37(39,40)41)23-42(25-33(28-10-3-1-4-11-28)29-12-5-2-6-13-29)24-31(44)26-47-32-15-7-9-27(21-32)22-35(45)43-17-19-46-20-18-43/h1-16,21,31,33,44H,17-20,22-26H2/t31-/m0/s1. The van der Waals surface area contributed by atoms with E-state index in [-0.39, 0.29) is 43.0 Å². The van der Waals surface area contributed by atoms with Gasteiger partial charge in [-0.05, 0) is 40.5 Å². The van der Waals surface area contributed by atoms with Gasteiger partial charge in [0.15, 0.2) is 0 Å². The summed E-state index contributed by atoms with van der Waals surface area (Å²) in [5.74, 6) is 0.395. The average molecular weight is 667 g/mol. The molecule has 0 radical (unpaired) electrons. The normalized spacial score (nSPS) is 14.4. The van der Waals surface area contributed by atoms with Crippen molar-refractivity contribution >= 4 is 17.5 Å². The molecule has 4 aromatic rings. The van der Waals surface area contributed by atoms with Crippen LogP contribution in [0.25, 0.3) is 0 Å². The molecule has 1 aliphatic heterocycles. The van der Waals surface area contributed by atoms with Crippen LogP contribution >= 0.6 is 11.6 Å². The van der Waals surface area contributed by atoms with E-state index in [1.165, 1.54) is 6.07 Å². The molecule has 1 atom stereocenters. The van der Waals surface area contributed by atoms with Crippen molar-refractivity contribution in [2.24, 2.45) is 0 Å². The molecule has 0 aliphatic carbocycles. The minimum Gasteiger partial charge on any atom is -0.491 e. The lowest BCUT2D eigenvalue weighted by atomic mass is 9.90. The van der Waals surface area contributed by atoms with Crippen LogP contribution in [0.3, 0.4) is 0 Å². The zero-order valence-electron chi connectivity index (χ0n) is 25.9. The number of aliphatic hydroxyl groups excluding tert-OH is 1. The molecule has 1 amide bonds. The van der Waals surface area contributed by atoms with Gasteiger partial charge in [0.05, 0.1) is 30.2 Å². The van der Waals surface area contributed by atoms with Crippen LogP contribution < -0.4 is 4.74 Å². The van der Waals surface area contributed by atoms with Crippen LogP contribution in [0.15, 0.2) is 103 Å². The summed E-state index contributed by atoms with van der Waals surface area (Å²) in [5, 5.41) is 10.8. The van der Waals surface area contributed by atoms with Gasteiger partial charge in [0, 0.05) is 38.6 Å². The van der Waals surface area contributed by atoms with E-state index in [1.54, 1.807) is 29.2 Å². The lowest BCUT2D eigenvalue weighted by Crippen LogP contribution is -2.41. The van der Waals surface area contributed by atoms with Gasteiger partial charge in [0.2, 0.25) is 5.91 Å². The van der Waals surface area contributed by atoms with Crippen molar-refractivity contribution in [3.05, 3.63) is 136 Å². The second-order valence-electron chi connectivity index (χ2n) is 11.6. The molecule has 10 heteroatoms. The van der Waals surface area contributed by atoms with Crippen molar-refractivity contribution in [2.75, 3.05) is 46.0 Å². The molecular formula is C37H38ClF3N2O4. The Balaban J connectivity index is 1.32. The monoisotopic (exact) mass is 666 g/mol. The number of halogens is 4. The highest BCUT2D eigenvalue weighted by Crippen LogP contribution is 2.37. The summed E-state index contributed by atoms with van der Waals surface area (Å²) in [4.78, 5) is 16.4. The van der Waals surface area contributed by atoms with Crippen molar-refractivity contribution in [2.45, 2.75) is 31.2 Å². The molecule has 0 spiro atoms. The molecule has 0 aromatic heterocycles. The zero-order chi connectivity index (χ0) is 33.2. The van der Waals surface area contributed by atoms with E-state index >= 15 is 0 Å². The van der Waals surface area contributed by atoms with Crippen LogP contribution in [0.4, 0.5) is 13.2 Å². The summed E-state index contributed by atoms with van der Waals surface area (Å²) in [6.45, 7) is 2.72. The fraction of sp³-hybridized carbons (Fsp3) is 0.324. The Morgan fingerprint density at radius 1 is 0.894 bits per heavy atom. The van der Waals surface area contributed by atoms with Crippen LogP contribution in [0.1, 0.15) is 33.7 Å². The van der Waals surface area contributed by atoms with Crippen LogP contribution in [0.2, 0.25) is 5.02 Å². The Morgan fingerprint density at radius 3 is 2.17 bits per heavy atom. The number of carbonyl (C=O) groups is 1. The molecule has 1 fully saturated rings. The van der Waals surface area contributed by atoms with Gasteiger partial charge in [-0.1, -0.05) is 96.5 Å². The lowest BCUT2D eigenvalue weighted by molar-refractivity contribution is -0.137. The van der Waals surface area contributed by atoms with Crippen LogP contribution in [-0.2, 0) is 28.7 Å². The third-order valence-corrected chi connectivity index (χ3v) is 8.60. The van der Waals surface area contributed by atoms with Gasteiger partial charge >= 0.3 is 6.18 Å². The van der Waals surface area contributed by atoms with Crippen molar-refractivity contribution < 1.29 is 32.5 Å². The summed E-state index contributed by atoms with van der Waals surface area (Å²) < 4.78 is 52.4. The fourth-order valence-electron chi connectivity index (χ4n) is 5.79. The Kier molecular flexibility index (Phi) is 11.9. The van der Waals surface area contributed by atoms with Gasteiger partial charge in [0.1, 0.15) is 18.5 Å². The number of ether oxygens (including phenoxy) is 2. The average Bonchev–Trinajstić information content (AvgIpc) is 3.08. The molecule has 5 rings (SSSR count). The molecule has 248 valence electrons. The molecule has 0 bridgehead atoms. The number of benzene rings is 4. The third kappa shape index (κ3) is 9.81. The molecular weight excluding hydrogens is 629 g/mol. The molecule has 4 aromatic carbocycles. The van der Waals surface area contributed by atoms with E-state index in [0.29, 0.717) is 44.2 Å². The zero-order valence-corrected chi connectivity index (χ0v) is 26.7. The highest BCUT2D eigenvalue weighted by molar-refractivity contribution is 6.32. The van der Waals surface area contributed by atoms with E-state index in [9.17, 15) is 23.1 Å². The fourth-order valence-corrected chi connectivity index (χ4v) is 6.08. The van der Waals surface area contributed by atoms with E-state index in [1.807, 2.05) is 71.6 Å². The summed E-state index contributed by atoms with van der Waals surface area (Å²) in [6, 6.07) is 30.8. The van der Waals surface area contributed by atoms with Crippen molar-refractivity contribution in [3.63, 3.8) is 0 Å². The van der Waals surface area contributed by atoms with Gasteiger partial charge in [-0.25, -0.2) is 0 Å². The topological polar surface area (TPSA) is 62.2 Å². The summed E-state index contributed by atoms with van der Waals surface area (Å²) >= 11 is 6.32. The summed E-state index contributed by atoms with van der Waals surface area (Å²) in [6.07, 6.45) is -5.35. The first-order valence-corrected chi connectivity index (χ1v) is 16.0. The van der Waals surface area contributed by atoms with Crippen molar-refractivity contribution in [3.8, 4) is 5.75 Å². The highest BCUT2D eigenvalue weighted by atomic mass is 35.5. The number of rotatable bonds is 13. The Labute approximate surface area is 278 Å². The number of hydrogen-bond donors (Lipinski definition) is 1. The van der Waals surface area contributed by atoms with Gasteiger partial charge in [-0.15, -0.1) is 0 Å². The first-order chi connectivity index (χ1) is 22.7. The molecule has 1 N–H and O–H groups in total. The maximum absolute atomic E-state index is 13.7. The van der Waals surface area contributed by atoms with Crippen molar-refractivity contribution in [1.82, 2.24) is 9.80 Å². The predicted molar refractivity (Wildman–Crippen MR) is 176 cm³/mol. The van der Waals surface area contributed by atoms with E-state index in [4.69, 9.17) is 21.1 Å². The minimum absolute atomic E-state index is 0.0146. The van der Waals surface area contributed by atoms with Crippen LogP contribution in [0, 0.1) is 0 Å². The highest BCUT2D eigenvalue weighted by Gasteiger charge is 2.34. The largest absolute Gasteiger partial charge is 0.491 e. The first kappa shape index (κ1) is 34.4. The number of nitrogens with zero attached hydrogens (tertiary/aromatic N) is 2. The smallest absolute Gasteiger partial charge is 0.417 e. The summed E-state index contributed by atoms with van der Waals surface area (Å²) in [7, 11) is 0. The maximum atomic E-state index is 13.7. The number of morpholine rings is 1. The van der Waals surface area contributed by atoms with E-state index < -0.39 is 17.8 Å². The van der Waals surface area contributed by atoms with Gasteiger partial charge < -0.3 is 19.5 Å². The van der Waals surface area contributed by atoms with Gasteiger partial charge in [-0.2, -0.15) is 13.2 Å². The molecule has 1 heterocycles. The number of carbonyl (C=O) groups excluding carboxylic acids is 1. The SMILES string of the molecule is O=C(Cc1cccc(OC[C@@H](O)CN(Cc2cccc(C(F)(F)F)c2Cl)CC(c2ccccc2)c2ccccc2)c1)N1CCOCC1. The predicted octanol–water partition coefficient (Wildman–Crippen LogP) is 6.83. The van der Waals surface area contributed by atoms with Crippen LogP contribution in [0.5, 0.6) is 5.75 Å². The number of alkyl halides is 3. The number of hydrogen-bond acceptors (Lipinski definition) is 5. The third-order valence-electron chi connectivity index (χ3n) is 8.15. The quantitative estimate of drug-likeness (QED) is 0.170. The Hall–Kier alpha value is -3.89. The minimum atomic E-state index is -4.59. The summed E-state index contributed by atoms with van der Waals surface area (Å²) in [5.41, 5.74) is 2.28. The first-order valence-electron chi connectivity index (χ1n) is 15.6. The maximum Gasteiger partial charge on any atom is 0.417 e. The number of aliphatic hydroxyl groups is 1. The van der Waals surface area contributed by atoms with Gasteiger partial charge in [-0.3, -0.25) is 9.69 Å². The second-order valence-corrected chi connectivity index (χ2v) is 12.0. The van der Waals surface area contributed by atoms with Crippen LogP contribution in [-0.4, -0.2) is 72.9 Å². The molecule has 6 nitrogen and oxygen atoms in total. The van der Waals surface area contributed by atoms with E-state index in [0.717, 1.165) is 22.8 Å². The molecule has 0 saturated carbocycles. The molecule has 0 unspecified atom stereocenters. The Bertz CT molecular complexity index is 1540. The lowest BCUT2D eigenvalue weighted by Gasteiger charge is -2.30. The number of amides is 1. The Morgan fingerprint density at radius 2 is 1.53 bits per heavy atom. The second kappa shape index (κ2) is 16.3.